The van der Waals surface area contributed by atoms with Crippen molar-refractivity contribution in [2.75, 3.05) is 0 Å². The van der Waals surface area contributed by atoms with Gasteiger partial charge in [0, 0.05) is 15.7 Å². The molecule has 1 aromatic heterocycles. The van der Waals surface area contributed by atoms with E-state index in [9.17, 15) is 10.1 Å². The van der Waals surface area contributed by atoms with Gasteiger partial charge < -0.3 is 4.57 Å². The molecule has 0 aliphatic carbocycles. The molecule has 0 saturated heterocycles. The Hall–Kier alpha value is -2.64. The number of carbonyl (C=O) groups excluding carboxylic acids is 1. The normalized spacial score (nSPS) is 10.4. The number of aromatic nitrogens is 1. The molecule has 4 heteroatoms. The molecule has 0 aliphatic rings. The number of Topliss-reactive ketones (excluding diaryl/α,β-unsaturated/α-hetero) is 1. The van der Waals surface area contributed by atoms with Gasteiger partial charge in [0.1, 0.15) is 6.07 Å². The molecule has 0 unspecified atom stereocenters. The van der Waals surface area contributed by atoms with E-state index in [1.807, 2.05) is 72.2 Å². The molecule has 0 atom stereocenters. The van der Waals surface area contributed by atoms with Gasteiger partial charge in [-0.3, -0.25) is 4.79 Å². The smallest absolute Gasteiger partial charge is 0.182 e. The first-order chi connectivity index (χ1) is 11.6. The zero-order chi connectivity index (χ0) is 17.1. The molecule has 2 aromatic carbocycles. The van der Waals surface area contributed by atoms with Crippen molar-refractivity contribution in [3.63, 3.8) is 0 Å². The third-order valence-corrected chi connectivity index (χ3v) is 4.47. The van der Waals surface area contributed by atoms with Gasteiger partial charge in [-0.2, -0.15) is 5.26 Å². The quantitative estimate of drug-likeness (QED) is 0.600. The number of aryl methyl sites for hydroxylation is 1. The van der Waals surface area contributed by atoms with E-state index in [2.05, 4.69) is 22.0 Å². The Bertz CT molecular complexity index is 919. The van der Waals surface area contributed by atoms with E-state index in [1.54, 1.807) is 0 Å². The van der Waals surface area contributed by atoms with Crippen LogP contribution in [0.3, 0.4) is 0 Å². The number of ketones is 1. The molecular formula is C20H15BrN2O. The van der Waals surface area contributed by atoms with Crippen LogP contribution >= 0.6 is 15.9 Å². The second kappa shape index (κ2) is 6.86. The lowest BCUT2D eigenvalue weighted by Gasteiger charge is -2.12. The highest BCUT2D eigenvalue weighted by Gasteiger charge is 2.17. The van der Waals surface area contributed by atoms with Crippen LogP contribution in [-0.4, -0.2) is 10.4 Å². The molecule has 3 rings (SSSR count). The summed E-state index contributed by atoms with van der Waals surface area (Å²) in [7, 11) is 0. The van der Waals surface area contributed by atoms with Crippen molar-refractivity contribution in [1.29, 1.82) is 5.26 Å². The highest BCUT2D eigenvalue weighted by Crippen LogP contribution is 2.28. The Balaban J connectivity index is 2.05. The number of rotatable bonds is 4. The van der Waals surface area contributed by atoms with E-state index >= 15 is 0 Å². The summed E-state index contributed by atoms with van der Waals surface area (Å²) in [6.45, 7) is 2.13. The van der Waals surface area contributed by atoms with Gasteiger partial charge in [-0.15, -0.1) is 0 Å². The maximum atomic E-state index is 12.6. The van der Waals surface area contributed by atoms with Gasteiger partial charge in [-0.25, -0.2) is 0 Å². The van der Waals surface area contributed by atoms with Crippen molar-refractivity contribution in [2.24, 2.45) is 0 Å². The first-order valence-electron chi connectivity index (χ1n) is 7.54. The molecule has 0 spiro atoms. The molecule has 3 nitrogen and oxygen atoms in total. The van der Waals surface area contributed by atoms with Crippen molar-refractivity contribution in [3.8, 4) is 17.3 Å². The number of nitrogens with zero attached hydrogens (tertiary/aromatic N) is 2. The monoisotopic (exact) mass is 378 g/mol. The second-order valence-electron chi connectivity index (χ2n) is 5.54. The molecule has 0 fully saturated rings. The van der Waals surface area contributed by atoms with Crippen molar-refractivity contribution < 1.29 is 4.79 Å². The maximum absolute atomic E-state index is 12.6. The van der Waals surface area contributed by atoms with Crippen LogP contribution < -0.4 is 0 Å². The topological polar surface area (TPSA) is 45.8 Å². The summed E-state index contributed by atoms with van der Waals surface area (Å²) < 4.78 is 2.89. The van der Waals surface area contributed by atoms with Crippen LogP contribution in [0.1, 0.15) is 21.6 Å². The lowest BCUT2D eigenvalue weighted by atomic mass is 10.1. The number of hydrogen-bond acceptors (Lipinski definition) is 2. The summed E-state index contributed by atoms with van der Waals surface area (Å²) in [6.07, 6.45) is 0. The van der Waals surface area contributed by atoms with Crippen molar-refractivity contribution in [1.82, 2.24) is 4.57 Å². The van der Waals surface area contributed by atoms with Crippen LogP contribution in [0.4, 0.5) is 0 Å². The Kier molecular flexibility index (Phi) is 4.64. The minimum atomic E-state index is 0.0251. The summed E-state index contributed by atoms with van der Waals surface area (Å²) >= 11 is 3.42. The number of hydrogen-bond donors (Lipinski definition) is 0. The molecule has 0 aliphatic heterocycles. The largest absolute Gasteiger partial charge is 0.336 e. The zero-order valence-corrected chi connectivity index (χ0v) is 14.7. The Morgan fingerprint density at radius 3 is 2.42 bits per heavy atom. The van der Waals surface area contributed by atoms with E-state index in [4.69, 9.17) is 0 Å². The standard InChI is InChI=1S/C20H15BrN2O/c1-14-11-17(12-22)20(16-7-9-18(21)10-8-16)23(14)13-19(24)15-5-3-2-4-6-15/h2-11H,13H2,1H3. The summed E-state index contributed by atoms with van der Waals surface area (Å²) in [5.74, 6) is 0.0251. The second-order valence-corrected chi connectivity index (χ2v) is 6.46. The number of carbonyl (C=O) groups is 1. The number of benzene rings is 2. The van der Waals surface area contributed by atoms with Crippen molar-refractivity contribution in [3.05, 3.63) is 82.0 Å². The number of halogens is 1. The van der Waals surface area contributed by atoms with E-state index in [0.29, 0.717) is 11.1 Å². The summed E-state index contributed by atoms with van der Waals surface area (Å²) in [5.41, 5.74) is 3.85. The van der Waals surface area contributed by atoms with Gasteiger partial charge in [0.15, 0.2) is 5.78 Å². The minimum Gasteiger partial charge on any atom is -0.336 e. The molecule has 0 radical (unpaired) electrons. The molecular weight excluding hydrogens is 364 g/mol. The van der Waals surface area contributed by atoms with E-state index in [0.717, 1.165) is 21.4 Å². The van der Waals surface area contributed by atoms with Crippen LogP contribution in [0.15, 0.2) is 65.1 Å². The van der Waals surface area contributed by atoms with E-state index in [-0.39, 0.29) is 12.3 Å². The van der Waals surface area contributed by atoms with Crippen molar-refractivity contribution in [2.45, 2.75) is 13.5 Å². The first-order valence-corrected chi connectivity index (χ1v) is 8.34. The first kappa shape index (κ1) is 16.2. The van der Waals surface area contributed by atoms with Gasteiger partial charge >= 0.3 is 0 Å². The predicted octanol–water partition coefficient (Wildman–Crippen LogP) is 4.98. The fourth-order valence-corrected chi connectivity index (χ4v) is 3.01. The Morgan fingerprint density at radius 1 is 1.12 bits per heavy atom. The summed E-state index contributed by atoms with van der Waals surface area (Å²) in [5, 5.41) is 9.47. The van der Waals surface area contributed by atoms with Crippen LogP contribution in [0.2, 0.25) is 0 Å². The maximum Gasteiger partial charge on any atom is 0.182 e. The predicted molar refractivity (Wildman–Crippen MR) is 97.8 cm³/mol. The molecule has 3 aromatic rings. The van der Waals surface area contributed by atoms with Crippen LogP contribution in [0.25, 0.3) is 11.3 Å². The van der Waals surface area contributed by atoms with E-state index in [1.165, 1.54) is 0 Å². The third-order valence-electron chi connectivity index (χ3n) is 3.94. The van der Waals surface area contributed by atoms with Crippen LogP contribution in [0.5, 0.6) is 0 Å². The fourth-order valence-electron chi connectivity index (χ4n) is 2.74. The SMILES string of the molecule is Cc1cc(C#N)c(-c2ccc(Br)cc2)n1CC(=O)c1ccccc1. The minimum absolute atomic E-state index is 0.0251. The average Bonchev–Trinajstić information content (AvgIpc) is 2.92. The highest BCUT2D eigenvalue weighted by molar-refractivity contribution is 9.10. The molecule has 0 saturated carbocycles. The Morgan fingerprint density at radius 2 is 1.79 bits per heavy atom. The lowest BCUT2D eigenvalue weighted by Crippen LogP contribution is -2.12. The highest BCUT2D eigenvalue weighted by atomic mass is 79.9. The van der Waals surface area contributed by atoms with Gasteiger partial charge in [-0.1, -0.05) is 58.4 Å². The third kappa shape index (κ3) is 3.17. The summed E-state index contributed by atoms with van der Waals surface area (Å²) in [4.78, 5) is 12.6. The van der Waals surface area contributed by atoms with Gasteiger partial charge in [0.2, 0.25) is 0 Å². The lowest BCUT2D eigenvalue weighted by molar-refractivity contribution is 0.0972. The molecule has 1 heterocycles. The fraction of sp³-hybridized carbons (Fsp3) is 0.100. The molecule has 0 amide bonds. The van der Waals surface area contributed by atoms with Gasteiger partial charge in [0.25, 0.3) is 0 Å². The average molecular weight is 379 g/mol. The molecule has 0 N–H and O–H groups in total. The van der Waals surface area contributed by atoms with Crippen molar-refractivity contribution >= 4 is 21.7 Å². The van der Waals surface area contributed by atoms with Crippen LogP contribution in [-0.2, 0) is 6.54 Å². The van der Waals surface area contributed by atoms with Crippen LogP contribution in [0, 0.1) is 18.3 Å². The molecule has 24 heavy (non-hydrogen) atoms. The van der Waals surface area contributed by atoms with E-state index < -0.39 is 0 Å². The summed E-state index contributed by atoms with van der Waals surface area (Å²) in [6, 6.07) is 21.0. The molecule has 0 bridgehead atoms. The van der Waals surface area contributed by atoms with Gasteiger partial charge in [0.05, 0.1) is 17.8 Å². The molecule has 118 valence electrons. The zero-order valence-electron chi connectivity index (χ0n) is 13.2. The number of nitriles is 1. The van der Waals surface area contributed by atoms with Gasteiger partial charge in [-0.05, 0) is 30.7 Å². The Labute approximate surface area is 149 Å².